The fourth-order valence-electron chi connectivity index (χ4n) is 2.97. The Balaban J connectivity index is 1.85. The van der Waals surface area contributed by atoms with E-state index in [4.69, 9.17) is 0 Å². The summed E-state index contributed by atoms with van der Waals surface area (Å²) in [5, 5.41) is 17.4. The molecule has 0 aliphatic rings. The zero-order valence-corrected chi connectivity index (χ0v) is 14.5. The van der Waals surface area contributed by atoms with E-state index in [1.54, 1.807) is 36.8 Å². The van der Waals surface area contributed by atoms with Crippen LogP contribution in [0.1, 0.15) is 5.56 Å². The van der Waals surface area contributed by atoms with Crippen molar-refractivity contribution >= 4 is 0 Å². The summed E-state index contributed by atoms with van der Waals surface area (Å²) in [6, 6.07) is 15.8. The van der Waals surface area contributed by atoms with E-state index in [1.807, 2.05) is 12.1 Å². The number of hydrogen-bond donors (Lipinski definition) is 0. The standard InChI is InChI=1S/C22H12F2N4/c23-19-7-6-14(9-18(19)22-15(11-25)3-1-5-20(22)24)17-10-21(28-27-13-17)16-4-2-8-26-12-16/h1-10,12-13H. The van der Waals surface area contributed by atoms with Crippen LogP contribution in [0.2, 0.25) is 0 Å². The van der Waals surface area contributed by atoms with Crippen LogP contribution < -0.4 is 0 Å². The summed E-state index contributed by atoms with van der Waals surface area (Å²) >= 11 is 0. The molecule has 0 atom stereocenters. The van der Waals surface area contributed by atoms with Gasteiger partial charge in [-0.2, -0.15) is 15.5 Å². The largest absolute Gasteiger partial charge is 0.264 e. The van der Waals surface area contributed by atoms with Crippen LogP contribution in [0.15, 0.2) is 73.2 Å². The van der Waals surface area contributed by atoms with Gasteiger partial charge in [-0.25, -0.2) is 8.78 Å². The van der Waals surface area contributed by atoms with E-state index in [9.17, 15) is 14.0 Å². The van der Waals surface area contributed by atoms with Crippen molar-refractivity contribution in [3.05, 3.63) is 90.4 Å². The van der Waals surface area contributed by atoms with E-state index in [0.717, 1.165) is 5.56 Å². The molecule has 0 radical (unpaired) electrons. The molecule has 2 aromatic heterocycles. The van der Waals surface area contributed by atoms with Crippen LogP contribution in [0, 0.1) is 23.0 Å². The molecule has 2 aromatic carbocycles. The van der Waals surface area contributed by atoms with Crippen molar-refractivity contribution in [3.63, 3.8) is 0 Å². The Kier molecular flexibility index (Phi) is 4.56. The first-order chi connectivity index (χ1) is 13.7. The lowest BCUT2D eigenvalue weighted by molar-refractivity contribution is 0.616. The van der Waals surface area contributed by atoms with Crippen LogP contribution in [0.25, 0.3) is 33.5 Å². The molecule has 4 nitrogen and oxygen atoms in total. The fraction of sp³-hybridized carbons (Fsp3) is 0. The van der Waals surface area contributed by atoms with Crippen LogP contribution in [-0.2, 0) is 0 Å². The van der Waals surface area contributed by atoms with E-state index in [0.29, 0.717) is 16.8 Å². The van der Waals surface area contributed by atoms with Crippen LogP contribution in [0.3, 0.4) is 0 Å². The predicted octanol–water partition coefficient (Wildman–Crippen LogP) is 5.02. The minimum Gasteiger partial charge on any atom is -0.264 e. The Morgan fingerprint density at radius 3 is 2.50 bits per heavy atom. The molecule has 0 bridgehead atoms. The molecule has 0 unspecified atom stereocenters. The Labute approximate surface area is 159 Å². The summed E-state index contributed by atoms with van der Waals surface area (Å²) in [4.78, 5) is 4.07. The van der Waals surface area contributed by atoms with Gasteiger partial charge in [0.2, 0.25) is 0 Å². The van der Waals surface area contributed by atoms with Crippen molar-refractivity contribution in [1.82, 2.24) is 15.2 Å². The van der Waals surface area contributed by atoms with Crippen molar-refractivity contribution < 1.29 is 8.78 Å². The first-order valence-electron chi connectivity index (χ1n) is 8.39. The van der Waals surface area contributed by atoms with Gasteiger partial charge in [-0.3, -0.25) is 4.98 Å². The molecule has 6 heteroatoms. The molecule has 0 fully saturated rings. The highest BCUT2D eigenvalue weighted by Gasteiger charge is 2.16. The Morgan fingerprint density at radius 2 is 1.71 bits per heavy atom. The number of rotatable bonds is 3. The lowest BCUT2D eigenvalue weighted by Crippen LogP contribution is -1.95. The van der Waals surface area contributed by atoms with E-state index in [1.165, 1.54) is 30.3 Å². The zero-order valence-electron chi connectivity index (χ0n) is 14.5. The van der Waals surface area contributed by atoms with Crippen molar-refractivity contribution in [2.75, 3.05) is 0 Å². The normalized spacial score (nSPS) is 10.5. The number of hydrogen-bond acceptors (Lipinski definition) is 4. The smallest absolute Gasteiger partial charge is 0.132 e. The number of nitriles is 1. The van der Waals surface area contributed by atoms with Crippen LogP contribution in [-0.4, -0.2) is 15.2 Å². The SMILES string of the molecule is N#Cc1cccc(F)c1-c1cc(-c2cnnc(-c3cccnc3)c2)ccc1F. The second-order valence-electron chi connectivity index (χ2n) is 6.04. The van der Waals surface area contributed by atoms with Gasteiger partial charge in [-0.05, 0) is 48.0 Å². The maximum absolute atomic E-state index is 14.5. The average Bonchev–Trinajstić information content (AvgIpc) is 2.75. The molecule has 0 N–H and O–H groups in total. The third kappa shape index (κ3) is 3.21. The highest BCUT2D eigenvalue weighted by molar-refractivity contribution is 5.78. The lowest BCUT2D eigenvalue weighted by atomic mass is 9.95. The van der Waals surface area contributed by atoms with Gasteiger partial charge in [0.25, 0.3) is 0 Å². The number of nitrogens with zero attached hydrogens (tertiary/aromatic N) is 4. The van der Waals surface area contributed by atoms with Gasteiger partial charge in [0.1, 0.15) is 11.6 Å². The molecule has 4 aromatic rings. The molecule has 0 aliphatic carbocycles. The molecule has 134 valence electrons. The molecule has 0 aliphatic heterocycles. The summed E-state index contributed by atoms with van der Waals surface area (Å²) in [6.07, 6.45) is 4.88. The molecule has 2 heterocycles. The summed E-state index contributed by atoms with van der Waals surface area (Å²) in [7, 11) is 0. The molecule has 28 heavy (non-hydrogen) atoms. The molecule has 0 saturated heterocycles. The van der Waals surface area contributed by atoms with Gasteiger partial charge >= 0.3 is 0 Å². The summed E-state index contributed by atoms with van der Waals surface area (Å²) in [5.41, 5.74) is 2.75. The van der Waals surface area contributed by atoms with E-state index in [-0.39, 0.29) is 16.7 Å². The average molecular weight is 370 g/mol. The summed E-state index contributed by atoms with van der Waals surface area (Å²) in [5.74, 6) is -1.26. The van der Waals surface area contributed by atoms with Crippen molar-refractivity contribution in [3.8, 4) is 39.6 Å². The van der Waals surface area contributed by atoms with E-state index < -0.39 is 11.6 Å². The summed E-state index contributed by atoms with van der Waals surface area (Å²) < 4.78 is 28.9. The quantitative estimate of drug-likeness (QED) is 0.508. The minimum absolute atomic E-state index is 0.0203. The van der Waals surface area contributed by atoms with Gasteiger partial charge in [0.05, 0.1) is 23.5 Å². The maximum Gasteiger partial charge on any atom is 0.132 e. The lowest BCUT2D eigenvalue weighted by Gasteiger charge is -2.10. The third-order valence-corrected chi connectivity index (χ3v) is 4.31. The number of pyridine rings is 1. The first-order valence-corrected chi connectivity index (χ1v) is 8.39. The van der Waals surface area contributed by atoms with E-state index >= 15 is 0 Å². The van der Waals surface area contributed by atoms with Gasteiger partial charge in [0, 0.05) is 34.6 Å². The van der Waals surface area contributed by atoms with Crippen molar-refractivity contribution in [2.45, 2.75) is 0 Å². The van der Waals surface area contributed by atoms with Crippen LogP contribution in [0.4, 0.5) is 8.78 Å². The molecule has 0 spiro atoms. The highest BCUT2D eigenvalue weighted by Crippen LogP contribution is 2.33. The van der Waals surface area contributed by atoms with Gasteiger partial charge in [0.15, 0.2) is 0 Å². The predicted molar refractivity (Wildman–Crippen MR) is 101 cm³/mol. The first kappa shape index (κ1) is 17.4. The summed E-state index contributed by atoms with van der Waals surface area (Å²) in [6.45, 7) is 0. The van der Waals surface area contributed by atoms with Crippen LogP contribution in [0.5, 0.6) is 0 Å². The Hall–Kier alpha value is -3.98. The third-order valence-electron chi connectivity index (χ3n) is 4.31. The Morgan fingerprint density at radius 1 is 0.821 bits per heavy atom. The second-order valence-corrected chi connectivity index (χ2v) is 6.04. The zero-order chi connectivity index (χ0) is 19.5. The topological polar surface area (TPSA) is 62.5 Å². The van der Waals surface area contributed by atoms with E-state index in [2.05, 4.69) is 15.2 Å². The number of benzene rings is 2. The second kappa shape index (κ2) is 7.33. The molecule has 0 amide bonds. The number of halogens is 2. The molecule has 4 rings (SSSR count). The molecule has 0 saturated carbocycles. The minimum atomic E-state index is -0.654. The monoisotopic (exact) mass is 370 g/mol. The highest BCUT2D eigenvalue weighted by atomic mass is 19.1. The van der Waals surface area contributed by atoms with Gasteiger partial charge in [-0.15, -0.1) is 0 Å². The van der Waals surface area contributed by atoms with Gasteiger partial charge in [-0.1, -0.05) is 12.1 Å². The number of aromatic nitrogens is 3. The fourth-order valence-corrected chi connectivity index (χ4v) is 2.97. The maximum atomic E-state index is 14.5. The molecular weight excluding hydrogens is 358 g/mol. The molecular formula is C22H12F2N4. The Bertz CT molecular complexity index is 1200. The van der Waals surface area contributed by atoms with Crippen LogP contribution >= 0.6 is 0 Å². The van der Waals surface area contributed by atoms with Crippen molar-refractivity contribution in [2.24, 2.45) is 0 Å². The van der Waals surface area contributed by atoms with Gasteiger partial charge < -0.3 is 0 Å². The van der Waals surface area contributed by atoms with Crippen molar-refractivity contribution in [1.29, 1.82) is 5.26 Å².